The van der Waals surface area contributed by atoms with E-state index >= 15 is 0 Å². The van der Waals surface area contributed by atoms with Gasteiger partial charge >= 0.3 is 18.3 Å². The molecule has 2 aromatic rings. The summed E-state index contributed by atoms with van der Waals surface area (Å²) >= 11 is 0. The summed E-state index contributed by atoms with van der Waals surface area (Å²) in [6.07, 6.45) is 2.72. The fourth-order valence-corrected chi connectivity index (χ4v) is 6.02. The summed E-state index contributed by atoms with van der Waals surface area (Å²) in [6, 6.07) is 8.56. The van der Waals surface area contributed by atoms with Gasteiger partial charge in [0.1, 0.15) is 11.9 Å². The number of halogens is 5. The minimum absolute atomic E-state index is 0.128. The van der Waals surface area contributed by atoms with Crippen molar-refractivity contribution in [3.8, 4) is 11.5 Å². The maximum atomic E-state index is 14.2. The second kappa shape index (κ2) is 14.7. The molecule has 2 aliphatic carbocycles. The molecular formula is C32H35F5O6. The topological polar surface area (TPSA) is 71.1 Å². The van der Waals surface area contributed by atoms with E-state index in [0.717, 1.165) is 56.7 Å². The highest BCUT2D eigenvalue weighted by Gasteiger charge is 2.36. The molecule has 2 saturated carbocycles. The zero-order chi connectivity index (χ0) is 31.0. The predicted octanol–water partition coefficient (Wildman–Crippen LogP) is 8.05. The Kier molecular flexibility index (Phi) is 11.0. The molecule has 0 saturated heterocycles. The van der Waals surface area contributed by atoms with Gasteiger partial charge in [-0.25, -0.2) is 18.4 Å². The van der Waals surface area contributed by atoms with E-state index in [4.69, 9.17) is 14.2 Å². The average Bonchev–Trinajstić information content (AvgIpc) is 2.99. The molecule has 2 fully saturated rings. The van der Waals surface area contributed by atoms with Crippen molar-refractivity contribution in [1.29, 1.82) is 0 Å². The lowest BCUT2D eigenvalue weighted by Gasteiger charge is -2.37. The molecule has 234 valence electrons. The molecule has 0 amide bonds. The van der Waals surface area contributed by atoms with Crippen LogP contribution in [0.1, 0.15) is 79.6 Å². The Balaban J connectivity index is 1.17. The number of carbonyl (C=O) groups excluding carboxylic acids is 2. The van der Waals surface area contributed by atoms with Crippen LogP contribution in [0.4, 0.5) is 22.0 Å². The van der Waals surface area contributed by atoms with E-state index in [1.54, 1.807) is 24.3 Å². The van der Waals surface area contributed by atoms with Crippen LogP contribution in [0.25, 0.3) is 0 Å². The summed E-state index contributed by atoms with van der Waals surface area (Å²) in [4.78, 5) is 23.7. The van der Waals surface area contributed by atoms with Crippen LogP contribution < -0.4 is 9.47 Å². The molecule has 11 heteroatoms. The smallest absolute Gasteiger partial charge is 0.493 e. The normalized spacial score (nSPS) is 22.3. The van der Waals surface area contributed by atoms with E-state index in [0.29, 0.717) is 54.6 Å². The van der Waals surface area contributed by atoms with Crippen molar-refractivity contribution in [3.05, 3.63) is 71.8 Å². The first-order valence-electron chi connectivity index (χ1n) is 14.5. The minimum Gasteiger partial charge on any atom is -0.493 e. The standard InChI is InChI=1S/C32H35F5O6/c1-2-29(38)41-17-3-16-40-25-12-10-23(11-13-25)31(39)42-26-14-8-21(9-15-26)20-4-6-22(7-5-20)24-18-27(33)30(28(34)19-24)43-32(35,36)37/h2,10-13,18-22,26H,1,3-9,14-17H2. The molecule has 0 atom stereocenters. The van der Waals surface area contributed by atoms with Gasteiger partial charge in [-0.15, -0.1) is 13.2 Å². The van der Waals surface area contributed by atoms with Gasteiger partial charge in [0.05, 0.1) is 18.8 Å². The molecule has 0 unspecified atom stereocenters. The van der Waals surface area contributed by atoms with Gasteiger partial charge in [-0.3, -0.25) is 0 Å². The molecule has 0 aromatic heterocycles. The monoisotopic (exact) mass is 610 g/mol. The molecule has 0 radical (unpaired) electrons. The Morgan fingerprint density at radius 3 is 2.00 bits per heavy atom. The van der Waals surface area contributed by atoms with Gasteiger partial charge in [0.25, 0.3) is 0 Å². The van der Waals surface area contributed by atoms with Gasteiger partial charge in [0.15, 0.2) is 11.6 Å². The van der Waals surface area contributed by atoms with Crippen LogP contribution in [0.15, 0.2) is 49.1 Å². The molecule has 2 aliphatic rings. The van der Waals surface area contributed by atoms with Gasteiger partial charge in [-0.1, -0.05) is 6.58 Å². The highest BCUT2D eigenvalue weighted by molar-refractivity contribution is 5.89. The fraction of sp³-hybridized carbons (Fsp3) is 0.500. The van der Waals surface area contributed by atoms with E-state index < -0.39 is 35.7 Å². The van der Waals surface area contributed by atoms with Crippen LogP contribution in [0, 0.1) is 23.5 Å². The largest absolute Gasteiger partial charge is 0.573 e. The predicted molar refractivity (Wildman–Crippen MR) is 147 cm³/mol. The van der Waals surface area contributed by atoms with Crippen LogP contribution in [0.5, 0.6) is 11.5 Å². The molecule has 4 rings (SSSR count). The average molecular weight is 611 g/mol. The fourth-order valence-electron chi connectivity index (χ4n) is 6.02. The highest BCUT2D eigenvalue weighted by atomic mass is 19.4. The molecule has 43 heavy (non-hydrogen) atoms. The van der Waals surface area contributed by atoms with Crippen LogP contribution >= 0.6 is 0 Å². The van der Waals surface area contributed by atoms with E-state index in [2.05, 4.69) is 11.3 Å². The number of esters is 2. The second-order valence-corrected chi connectivity index (χ2v) is 11.0. The number of hydrogen-bond acceptors (Lipinski definition) is 6. The Morgan fingerprint density at radius 2 is 1.44 bits per heavy atom. The highest BCUT2D eigenvalue weighted by Crippen LogP contribution is 2.44. The van der Waals surface area contributed by atoms with E-state index in [-0.39, 0.29) is 18.6 Å². The van der Waals surface area contributed by atoms with Gasteiger partial charge in [-0.05, 0) is 111 Å². The van der Waals surface area contributed by atoms with Crippen molar-refractivity contribution in [2.24, 2.45) is 11.8 Å². The third-order valence-electron chi connectivity index (χ3n) is 8.20. The summed E-state index contributed by atoms with van der Waals surface area (Å²) in [5.74, 6) is -3.64. The molecule has 0 N–H and O–H groups in total. The van der Waals surface area contributed by atoms with Crippen LogP contribution in [0.2, 0.25) is 0 Å². The second-order valence-electron chi connectivity index (χ2n) is 11.0. The number of hydrogen-bond donors (Lipinski definition) is 0. The van der Waals surface area contributed by atoms with Crippen molar-refractivity contribution in [2.45, 2.75) is 76.2 Å². The molecular weight excluding hydrogens is 575 g/mol. The Bertz CT molecular complexity index is 1220. The van der Waals surface area contributed by atoms with Gasteiger partial charge in [-0.2, -0.15) is 0 Å². The lowest BCUT2D eigenvalue weighted by Crippen LogP contribution is -2.29. The van der Waals surface area contributed by atoms with E-state index in [1.807, 2.05) is 0 Å². The van der Waals surface area contributed by atoms with Gasteiger partial charge in [0, 0.05) is 12.5 Å². The number of rotatable bonds is 11. The maximum Gasteiger partial charge on any atom is 0.573 e. The number of alkyl halides is 3. The maximum absolute atomic E-state index is 14.2. The third-order valence-corrected chi connectivity index (χ3v) is 8.20. The minimum atomic E-state index is -5.17. The zero-order valence-electron chi connectivity index (χ0n) is 23.7. The van der Waals surface area contributed by atoms with E-state index in [9.17, 15) is 31.5 Å². The number of benzene rings is 2. The molecule has 0 heterocycles. The van der Waals surface area contributed by atoms with Crippen molar-refractivity contribution < 1.29 is 50.5 Å². The van der Waals surface area contributed by atoms with Crippen LogP contribution in [0.3, 0.4) is 0 Å². The Morgan fingerprint density at radius 1 is 0.860 bits per heavy atom. The van der Waals surface area contributed by atoms with Crippen LogP contribution in [-0.2, 0) is 14.3 Å². The first kappa shape index (κ1) is 32.3. The Labute approximate surface area is 247 Å². The lowest BCUT2D eigenvalue weighted by atomic mass is 9.69. The quantitative estimate of drug-likeness (QED) is 0.111. The summed E-state index contributed by atoms with van der Waals surface area (Å²) in [5, 5.41) is 0. The van der Waals surface area contributed by atoms with Crippen molar-refractivity contribution in [1.82, 2.24) is 0 Å². The first-order valence-corrected chi connectivity index (χ1v) is 14.5. The molecule has 6 nitrogen and oxygen atoms in total. The number of ether oxygens (including phenoxy) is 4. The van der Waals surface area contributed by atoms with Gasteiger partial charge in [0.2, 0.25) is 5.75 Å². The molecule has 0 spiro atoms. The van der Waals surface area contributed by atoms with E-state index in [1.165, 1.54) is 0 Å². The van der Waals surface area contributed by atoms with Gasteiger partial charge < -0.3 is 18.9 Å². The first-order chi connectivity index (χ1) is 20.5. The SMILES string of the molecule is C=CC(=O)OCCCOc1ccc(C(=O)OC2CCC(C3CCC(c4cc(F)c(OC(F)(F)F)c(F)c4)CC3)CC2)cc1. The molecule has 2 aromatic carbocycles. The molecule has 0 bridgehead atoms. The van der Waals surface area contributed by atoms with Crippen molar-refractivity contribution in [3.63, 3.8) is 0 Å². The zero-order valence-corrected chi connectivity index (χ0v) is 23.7. The summed E-state index contributed by atoms with van der Waals surface area (Å²) in [7, 11) is 0. The summed E-state index contributed by atoms with van der Waals surface area (Å²) in [6.45, 7) is 3.90. The number of carbonyl (C=O) groups is 2. The third kappa shape index (κ3) is 9.43. The summed E-state index contributed by atoms with van der Waals surface area (Å²) in [5.41, 5.74) is 0.781. The molecule has 0 aliphatic heterocycles. The Hall–Kier alpha value is -3.63. The summed E-state index contributed by atoms with van der Waals surface area (Å²) < 4.78 is 85.4. The van der Waals surface area contributed by atoms with Crippen LogP contribution in [-0.4, -0.2) is 37.6 Å². The lowest BCUT2D eigenvalue weighted by molar-refractivity contribution is -0.276. The van der Waals surface area contributed by atoms with Crippen molar-refractivity contribution >= 4 is 11.9 Å². The van der Waals surface area contributed by atoms with Crippen molar-refractivity contribution in [2.75, 3.05) is 13.2 Å².